The molecular formula is C57H75O6P. The Kier molecular flexibility index (Phi) is 12.9. The van der Waals surface area contributed by atoms with Crippen LogP contribution in [0.1, 0.15) is 158 Å². The first-order valence-corrected chi connectivity index (χ1v) is 23.8. The summed E-state index contributed by atoms with van der Waals surface area (Å²) in [6.07, 6.45) is 0. The van der Waals surface area contributed by atoms with E-state index in [0.29, 0.717) is 17.2 Å². The number of rotatable bonds is 9. The Morgan fingerprint density at radius 3 is 0.578 bits per heavy atom. The van der Waals surface area contributed by atoms with E-state index < -0.39 is 8.60 Å². The van der Waals surface area contributed by atoms with E-state index in [2.05, 4.69) is 197 Å². The Labute approximate surface area is 386 Å². The van der Waals surface area contributed by atoms with Gasteiger partial charge in [0.25, 0.3) is 0 Å². The van der Waals surface area contributed by atoms with Crippen molar-refractivity contribution in [2.24, 2.45) is 0 Å². The molecule has 6 aromatic rings. The molecule has 0 N–H and O–H groups in total. The normalized spacial score (nSPS) is 13.2. The molecule has 0 fully saturated rings. The zero-order chi connectivity index (χ0) is 47.7. The molecular weight excluding hydrogens is 812 g/mol. The maximum atomic E-state index is 7.27. The predicted octanol–water partition coefficient (Wildman–Crippen LogP) is 16.7. The zero-order valence-corrected chi connectivity index (χ0v) is 43.7. The molecule has 0 aliphatic heterocycles. The predicted molar refractivity (Wildman–Crippen MR) is 273 cm³/mol. The lowest BCUT2D eigenvalue weighted by Crippen LogP contribution is -2.17. The Bertz CT molecular complexity index is 2410. The van der Waals surface area contributed by atoms with Gasteiger partial charge in [0.15, 0.2) is 0 Å². The average molecular weight is 887 g/mol. The van der Waals surface area contributed by atoms with Gasteiger partial charge in [-0.15, -0.1) is 0 Å². The van der Waals surface area contributed by atoms with Crippen molar-refractivity contribution in [2.75, 3.05) is 21.3 Å². The van der Waals surface area contributed by atoms with E-state index in [1.54, 1.807) is 21.3 Å². The summed E-state index contributed by atoms with van der Waals surface area (Å²) >= 11 is 0. The molecule has 0 aliphatic rings. The molecule has 0 aliphatic carbocycles. The Hall–Kier alpha value is -4.67. The fourth-order valence-corrected chi connectivity index (χ4v) is 9.52. The van der Waals surface area contributed by atoms with E-state index in [-0.39, 0.29) is 32.5 Å². The maximum absolute atomic E-state index is 7.27. The van der Waals surface area contributed by atoms with Gasteiger partial charge in [-0.3, -0.25) is 0 Å². The summed E-state index contributed by atoms with van der Waals surface area (Å²) in [7, 11) is 3.07. The standard InChI is InChI=1S/C57H75O6P/c1-52(2,3)40-22-34-25-43(55(10,11)12)49(31-37(34)28-46(40)58-19)61-64(62-50-32-38-29-47(59-20)41(53(4,5)6)23-35(38)26-44(50)56(13,14)15)63-51-33-39-30-48(60-21)42(54(7,8)9)24-36(39)27-45(51)57(16,17)18/h22-33H,1-21H3. The number of methoxy groups -OCH3 is 3. The molecule has 6 rings (SSSR count). The monoisotopic (exact) mass is 887 g/mol. The minimum atomic E-state index is -2.15. The number of benzene rings is 6. The topological polar surface area (TPSA) is 55.4 Å². The molecule has 6 aromatic carbocycles. The average Bonchev–Trinajstić information content (AvgIpc) is 3.16. The SMILES string of the molecule is COc1cc2cc(OP(Oc3cc4cc(OC)c(C(C)(C)C)cc4cc3C(C)(C)C)Oc3cc4cc(OC)c(C(C)(C)C)cc4cc3C(C)(C)C)c(C(C)(C)C)cc2cc1C(C)(C)C. The van der Waals surface area contributed by atoms with Crippen LogP contribution in [0.15, 0.2) is 72.8 Å². The second kappa shape index (κ2) is 17.0. The van der Waals surface area contributed by atoms with Crippen molar-refractivity contribution < 1.29 is 27.8 Å². The number of ether oxygens (including phenoxy) is 3. The zero-order valence-electron chi connectivity index (χ0n) is 42.8. The summed E-state index contributed by atoms with van der Waals surface area (Å²) in [4.78, 5) is 0. The summed E-state index contributed by atoms with van der Waals surface area (Å²) in [5, 5.41) is 6.39. The van der Waals surface area contributed by atoms with Crippen molar-refractivity contribution in [3.63, 3.8) is 0 Å². The molecule has 0 saturated carbocycles. The quantitative estimate of drug-likeness (QED) is 0.135. The highest BCUT2D eigenvalue weighted by atomic mass is 31.2. The highest BCUT2D eigenvalue weighted by molar-refractivity contribution is 7.43. The van der Waals surface area contributed by atoms with E-state index >= 15 is 0 Å². The van der Waals surface area contributed by atoms with Gasteiger partial charge in [0, 0.05) is 33.4 Å². The smallest absolute Gasteiger partial charge is 0.496 e. The van der Waals surface area contributed by atoms with Gasteiger partial charge in [0.2, 0.25) is 0 Å². The summed E-state index contributed by atoms with van der Waals surface area (Å²) in [5.41, 5.74) is 5.41. The summed E-state index contributed by atoms with van der Waals surface area (Å²) in [6, 6.07) is 26.3. The van der Waals surface area contributed by atoms with Crippen LogP contribution in [-0.4, -0.2) is 21.3 Å². The van der Waals surface area contributed by atoms with E-state index in [9.17, 15) is 0 Å². The van der Waals surface area contributed by atoms with Gasteiger partial charge in [-0.2, -0.15) is 0 Å². The van der Waals surface area contributed by atoms with Crippen LogP contribution >= 0.6 is 8.60 Å². The van der Waals surface area contributed by atoms with Crippen LogP contribution in [-0.2, 0) is 32.5 Å². The number of hydrogen-bond acceptors (Lipinski definition) is 6. The third kappa shape index (κ3) is 10.2. The van der Waals surface area contributed by atoms with Gasteiger partial charge in [-0.1, -0.05) is 125 Å². The second-order valence-corrected chi connectivity index (χ2v) is 24.7. The minimum Gasteiger partial charge on any atom is -0.496 e. The fraction of sp³-hybridized carbons (Fsp3) is 0.474. The van der Waals surface area contributed by atoms with Crippen LogP contribution in [0.5, 0.6) is 34.5 Å². The van der Waals surface area contributed by atoms with Crippen LogP contribution in [0, 0.1) is 0 Å². The summed E-state index contributed by atoms with van der Waals surface area (Å²) < 4.78 is 39.8. The highest BCUT2D eigenvalue weighted by Gasteiger charge is 2.33. The van der Waals surface area contributed by atoms with Crippen LogP contribution in [0.4, 0.5) is 0 Å². The lowest BCUT2D eigenvalue weighted by Gasteiger charge is -2.30. The Morgan fingerprint density at radius 1 is 0.250 bits per heavy atom. The molecule has 0 atom stereocenters. The molecule has 0 spiro atoms. The molecule has 64 heavy (non-hydrogen) atoms. The molecule has 6 nitrogen and oxygen atoms in total. The summed E-state index contributed by atoms with van der Waals surface area (Å²) in [6.45, 7) is 40.0. The molecule has 0 heterocycles. The van der Waals surface area contributed by atoms with E-state index in [4.69, 9.17) is 27.8 Å². The third-order valence-electron chi connectivity index (χ3n) is 12.1. The Balaban J connectivity index is 1.62. The molecule has 344 valence electrons. The molecule has 0 saturated heterocycles. The van der Waals surface area contributed by atoms with E-state index in [1.165, 1.54) is 0 Å². The largest absolute Gasteiger partial charge is 0.530 e. The van der Waals surface area contributed by atoms with Crippen LogP contribution < -0.4 is 27.8 Å². The number of hydrogen-bond donors (Lipinski definition) is 0. The molecule has 0 radical (unpaired) electrons. The second-order valence-electron chi connectivity index (χ2n) is 23.7. The van der Waals surface area contributed by atoms with Gasteiger partial charge in [0.05, 0.1) is 21.3 Å². The van der Waals surface area contributed by atoms with Crippen LogP contribution in [0.25, 0.3) is 32.3 Å². The summed E-state index contributed by atoms with van der Waals surface area (Å²) in [5.74, 6) is 4.62. The van der Waals surface area contributed by atoms with E-state index in [1.807, 2.05) is 0 Å². The first-order valence-electron chi connectivity index (χ1n) is 22.7. The van der Waals surface area contributed by atoms with Gasteiger partial charge in [-0.25, -0.2) is 0 Å². The van der Waals surface area contributed by atoms with Crippen molar-refractivity contribution in [3.8, 4) is 34.5 Å². The molecule has 0 amide bonds. The van der Waals surface area contributed by atoms with E-state index in [0.717, 1.165) is 82.9 Å². The van der Waals surface area contributed by atoms with Crippen molar-refractivity contribution in [1.82, 2.24) is 0 Å². The maximum Gasteiger partial charge on any atom is 0.530 e. The molecule has 0 unspecified atom stereocenters. The third-order valence-corrected chi connectivity index (χ3v) is 13.2. The minimum absolute atomic E-state index is 0.113. The van der Waals surface area contributed by atoms with Crippen molar-refractivity contribution >= 4 is 40.9 Å². The Morgan fingerprint density at radius 2 is 0.406 bits per heavy atom. The van der Waals surface area contributed by atoms with Crippen molar-refractivity contribution in [3.05, 3.63) is 106 Å². The first-order chi connectivity index (χ1) is 29.3. The van der Waals surface area contributed by atoms with Gasteiger partial charge >= 0.3 is 8.60 Å². The first kappa shape index (κ1) is 48.8. The van der Waals surface area contributed by atoms with Crippen LogP contribution in [0.3, 0.4) is 0 Å². The molecule has 0 bridgehead atoms. The molecule has 0 aromatic heterocycles. The molecule has 7 heteroatoms. The fourth-order valence-electron chi connectivity index (χ4n) is 8.47. The van der Waals surface area contributed by atoms with Crippen molar-refractivity contribution in [2.45, 2.75) is 157 Å². The number of fused-ring (bicyclic) bond motifs is 3. The van der Waals surface area contributed by atoms with Crippen LogP contribution in [0.2, 0.25) is 0 Å². The van der Waals surface area contributed by atoms with Gasteiger partial charge in [0.1, 0.15) is 34.5 Å². The van der Waals surface area contributed by atoms with Gasteiger partial charge < -0.3 is 27.8 Å². The highest BCUT2D eigenvalue weighted by Crippen LogP contribution is 2.52. The van der Waals surface area contributed by atoms with Gasteiger partial charge in [-0.05, 0) is 138 Å². The lowest BCUT2D eigenvalue weighted by molar-refractivity contribution is 0.373. The van der Waals surface area contributed by atoms with Crippen molar-refractivity contribution in [1.29, 1.82) is 0 Å². The lowest BCUT2D eigenvalue weighted by atomic mass is 9.82.